The molecule has 1 amide bonds. The lowest BCUT2D eigenvalue weighted by molar-refractivity contribution is 0.101. The number of amides is 1. The predicted octanol–water partition coefficient (Wildman–Crippen LogP) is 1.58. The zero-order valence-corrected chi connectivity index (χ0v) is 11.0. The van der Waals surface area contributed by atoms with Gasteiger partial charge in [0.05, 0.1) is 5.69 Å². The summed E-state index contributed by atoms with van der Waals surface area (Å²) in [7, 11) is 1.70. The van der Waals surface area contributed by atoms with Gasteiger partial charge in [0.1, 0.15) is 11.5 Å². The summed E-state index contributed by atoms with van der Waals surface area (Å²) in [5.74, 6) is 0.0488. The molecule has 0 bridgehead atoms. The Balaban J connectivity index is 2.15. The molecule has 2 aromatic heterocycles. The van der Waals surface area contributed by atoms with Crippen molar-refractivity contribution in [2.45, 2.75) is 13.8 Å². The fourth-order valence-electron chi connectivity index (χ4n) is 1.68. The number of aromatic nitrogens is 3. The second-order valence-electron chi connectivity index (χ2n) is 4.24. The van der Waals surface area contributed by atoms with Crippen molar-refractivity contribution in [3.8, 4) is 0 Å². The van der Waals surface area contributed by atoms with Crippen LogP contribution in [0.5, 0.6) is 0 Å². The quantitative estimate of drug-likeness (QED) is 0.848. The van der Waals surface area contributed by atoms with Gasteiger partial charge in [-0.15, -0.1) is 0 Å². The van der Waals surface area contributed by atoms with Gasteiger partial charge >= 0.3 is 0 Å². The lowest BCUT2D eigenvalue weighted by atomic mass is 10.2. The Labute approximate surface area is 110 Å². The Morgan fingerprint density at radius 1 is 1.32 bits per heavy atom. The Morgan fingerprint density at radius 2 is 2.05 bits per heavy atom. The second-order valence-corrected chi connectivity index (χ2v) is 4.24. The molecule has 6 heteroatoms. The van der Waals surface area contributed by atoms with Gasteiger partial charge in [-0.1, -0.05) is 0 Å². The average Bonchev–Trinajstić information content (AvgIpc) is 2.69. The number of aryl methyl sites for hydroxylation is 2. The van der Waals surface area contributed by atoms with Crippen molar-refractivity contribution in [3.05, 3.63) is 41.3 Å². The maximum Gasteiger partial charge on any atom is 0.275 e. The van der Waals surface area contributed by atoms with Crippen molar-refractivity contribution in [2.24, 2.45) is 7.05 Å². The number of hydrogen-bond donors (Lipinski definition) is 1. The largest absolute Gasteiger partial charge is 0.305 e. The van der Waals surface area contributed by atoms with Crippen molar-refractivity contribution in [1.29, 1.82) is 0 Å². The SMILES string of the molecule is CC(=O)c1ccc(NC(=O)c2cc(C)nn2C)nc1. The molecule has 0 aliphatic heterocycles. The molecule has 0 saturated carbocycles. The van der Waals surface area contributed by atoms with E-state index in [2.05, 4.69) is 15.4 Å². The summed E-state index contributed by atoms with van der Waals surface area (Å²) in [5.41, 5.74) is 1.73. The highest BCUT2D eigenvalue weighted by molar-refractivity contribution is 6.02. The fourth-order valence-corrected chi connectivity index (χ4v) is 1.68. The lowest BCUT2D eigenvalue weighted by Gasteiger charge is -2.04. The highest BCUT2D eigenvalue weighted by Crippen LogP contribution is 2.09. The molecule has 0 unspecified atom stereocenters. The van der Waals surface area contributed by atoms with E-state index >= 15 is 0 Å². The zero-order chi connectivity index (χ0) is 14.0. The van der Waals surface area contributed by atoms with Gasteiger partial charge in [-0.25, -0.2) is 4.98 Å². The minimum atomic E-state index is -0.286. The number of pyridine rings is 1. The molecule has 0 saturated heterocycles. The lowest BCUT2D eigenvalue weighted by Crippen LogP contribution is -2.16. The van der Waals surface area contributed by atoms with E-state index in [1.165, 1.54) is 17.8 Å². The summed E-state index contributed by atoms with van der Waals surface area (Å²) in [6, 6.07) is 4.91. The highest BCUT2D eigenvalue weighted by atomic mass is 16.2. The van der Waals surface area contributed by atoms with E-state index in [1.807, 2.05) is 6.92 Å². The molecule has 19 heavy (non-hydrogen) atoms. The predicted molar refractivity (Wildman–Crippen MR) is 70.1 cm³/mol. The molecule has 0 aromatic carbocycles. The average molecular weight is 258 g/mol. The number of hydrogen-bond acceptors (Lipinski definition) is 4. The second kappa shape index (κ2) is 5.01. The summed E-state index contributed by atoms with van der Waals surface area (Å²) in [6.07, 6.45) is 1.44. The van der Waals surface area contributed by atoms with Crippen LogP contribution in [0.3, 0.4) is 0 Å². The summed E-state index contributed by atoms with van der Waals surface area (Å²) in [6.45, 7) is 3.28. The summed E-state index contributed by atoms with van der Waals surface area (Å²) in [5, 5.41) is 6.76. The summed E-state index contributed by atoms with van der Waals surface area (Å²) in [4.78, 5) is 27.1. The van der Waals surface area contributed by atoms with Gasteiger partial charge < -0.3 is 5.32 Å². The van der Waals surface area contributed by atoms with Crippen LogP contribution in [0.1, 0.15) is 33.5 Å². The smallest absolute Gasteiger partial charge is 0.275 e. The third-order valence-electron chi connectivity index (χ3n) is 2.65. The standard InChI is InChI=1S/C13H14N4O2/c1-8-6-11(17(3)16-8)13(19)15-12-5-4-10(7-14-12)9(2)18/h4-7H,1-3H3,(H,14,15,19). The first-order valence-corrected chi connectivity index (χ1v) is 5.76. The number of ketones is 1. The minimum absolute atomic E-state index is 0.0624. The molecule has 2 heterocycles. The van der Waals surface area contributed by atoms with E-state index in [0.29, 0.717) is 17.1 Å². The van der Waals surface area contributed by atoms with Crippen molar-refractivity contribution >= 4 is 17.5 Å². The molecule has 0 atom stereocenters. The number of Topliss-reactive ketones (excluding diaryl/α,β-unsaturated/α-hetero) is 1. The van der Waals surface area contributed by atoms with Gasteiger partial charge in [0.15, 0.2) is 5.78 Å². The Bertz CT molecular complexity index is 629. The number of rotatable bonds is 3. The van der Waals surface area contributed by atoms with E-state index in [1.54, 1.807) is 25.2 Å². The van der Waals surface area contributed by atoms with Crippen LogP contribution in [0.15, 0.2) is 24.4 Å². The molecular formula is C13H14N4O2. The number of anilines is 1. The summed E-state index contributed by atoms with van der Waals surface area (Å²) < 4.78 is 1.51. The third kappa shape index (κ3) is 2.85. The Hall–Kier alpha value is -2.50. The van der Waals surface area contributed by atoms with Crippen LogP contribution in [-0.4, -0.2) is 26.5 Å². The molecule has 2 rings (SSSR count). The maximum absolute atomic E-state index is 12.0. The van der Waals surface area contributed by atoms with Crippen LogP contribution in [0, 0.1) is 6.92 Å². The molecule has 6 nitrogen and oxygen atoms in total. The molecule has 98 valence electrons. The number of nitrogens with one attached hydrogen (secondary N) is 1. The molecule has 0 aliphatic carbocycles. The van der Waals surface area contributed by atoms with Crippen molar-refractivity contribution in [3.63, 3.8) is 0 Å². The molecule has 0 fully saturated rings. The van der Waals surface area contributed by atoms with Crippen LogP contribution < -0.4 is 5.32 Å². The van der Waals surface area contributed by atoms with E-state index in [4.69, 9.17) is 0 Å². The van der Waals surface area contributed by atoms with Gasteiger partial charge in [0, 0.05) is 18.8 Å². The number of carbonyl (C=O) groups excluding carboxylic acids is 2. The molecule has 0 aliphatic rings. The Morgan fingerprint density at radius 3 is 2.53 bits per heavy atom. The van der Waals surface area contributed by atoms with E-state index in [-0.39, 0.29) is 11.7 Å². The normalized spacial score (nSPS) is 10.3. The van der Waals surface area contributed by atoms with Crippen LogP contribution in [-0.2, 0) is 7.05 Å². The van der Waals surface area contributed by atoms with Gasteiger partial charge in [-0.2, -0.15) is 5.10 Å². The van der Waals surface area contributed by atoms with E-state index in [9.17, 15) is 9.59 Å². The number of carbonyl (C=O) groups is 2. The van der Waals surface area contributed by atoms with Crippen LogP contribution in [0.25, 0.3) is 0 Å². The molecule has 2 aromatic rings. The number of nitrogens with zero attached hydrogens (tertiary/aromatic N) is 3. The van der Waals surface area contributed by atoms with Crippen LogP contribution in [0.2, 0.25) is 0 Å². The van der Waals surface area contributed by atoms with Crippen molar-refractivity contribution < 1.29 is 9.59 Å². The first-order valence-electron chi connectivity index (χ1n) is 5.76. The van der Waals surface area contributed by atoms with Gasteiger partial charge in [0.2, 0.25) is 0 Å². The first kappa shape index (κ1) is 12.9. The Kier molecular flexibility index (Phi) is 3.41. The molecular weight excluding hydrogens is 244 g/mol. The first-order chi connectivity index (χ1) is 8.97. The summed E-state index contributed by atoms with van der Waals surface area (Å²) >= 11 is 0. The minimum Gasteiger partial charge on any atom is -0.305 e. The van der Waals surface area contributed by atoms with Gasteiger partial charge in [-0.3, -0.25) is 14.3 Å². The molecule has 0 spiro atoms. The van der Waals surface area contributed by atoms with Crippen LogP contribution in [0.4, 0.5) is 5.82 Å². The monoisotopic (exact) mass is 258 g/mol. The van der Waals surface area contributed by atoms with Crippen LogP contribution >= 0.6 is 0 Å². The highest BCUT2D eigenvalue weighted by Gasteiger charge is 2.12. The molecule has 1 N–H and O–H groups in total. The molecule has 0 radical (unpaired) electrons. The zero-order valence-electron chi connectivity index (χ0n) is 11.0. The van der Waals surface area contributed by atoms with E-state index in [0.717, 1.165) is 5.69 Å². The van der Waals surface area contributed by atoms with Gasteiger partial charge in [0.25, 0.3) is 5.91 Å². The third-order valence-corrected chi connectivity index (χ3v) is 2.65. The van der Waals surface area contributed by atoms with Gasteiger partial charge in [-0.05, 0) is 32.0 Å². The van der Waals surface area contributed by atoms with E-state index < -0.39 is 0 Å². The topological polar surface area (TPSA) is 76.9 Å². The fraction of sp³-hybridized carbons (Fsp3) is 0.231. The van der Waals surface area contributed by atoms with Crippen molar-refractivity contribution in [2.75, 3.05) is 5.32 Å². The van der Waals surface area contributed by atoms with Crippen molar-refractivity contribution in [1.82, 2.24) is 14.8 Å². The maximum atomic E-state index is 12.0.